The lowest BCUT2D eigenvalue weighted by molar-refractivity contribution is -0.0627. The molecule has 0 radical (unpaired) electrons. The summed E-state index contributed by atoms with van der Waals surface area (Å²) in [6, 6.07) is 7.60. The number of aliphatic hydroxyl groups excluding tert-OH is 1. The van der Waals surface area contributed by atoms with Crippen LogP contribution in [0, 0.1) is 0 Å². The normalized spacial score (nSPS) is 24.6. The van der Waals surface area contributed by atoms with Gasteiger partial charge in [0, 0.05) is 12.2 Å². The molecule has 1 aromatic rings. The quantitative estimate of drug-likeness (QED) is 0.841. The molecule has 1 heterocycles. The molecule has 1 aliphatic heterocycles. The van der Waals surface area contributed by atoms with E-state index in [4.69, 9.17) is 19.3 Å². The number of rotatable bonds is 4. The molecular formula is C12H16O4. The van der Waals surface area contributed by atoms with Crippen molar-refractivity contribution in [1.82, 2.24) is 0 Å². The summed E-state index contributed by atoms with van der Waals surface area (Å²) >= 11 is 0. The van der Waals surface area contributed by atoms with E-state index in [1.54, 1.807) is 7.11 Å². The Kier molecular flexibility index (Phi) is 3.77. The van der Waals surface area contributed by atoms with Gasteiger partial charge < -0.3 is 19.3 Å². The molecule has 4 heteroatoms. The van der Waals surface area contributed by atoms with Gasteiger partial charge in [0.05, 0.1) is 19.8 Å². The van der Waals surface area contributed by atoms with E-state index in [0.717, 1.165) is 11.3 Å². The van der Waals surface area contributed by atoms with E-state index in [1.807, 2.05) is 24.3 Å². The lowest BCUT2D eigenvalue weighted by Crippen LogP contribution is -2.11. The van der Waals surface area contributed by atoms with Crippen LogP contribution >= 0.6 is 0 Å². The third-order valence-corrected chi connectivity index (χ3v) is 2.59. The van der Waals surface area contributed by atoms with Crippen LogP contribution in [0.5, 0.6) is 5.75 Å². The Bertz CT molecular complexity index is 322. The van der Waals surface area contributed by atoms with Crippen molar-refractivity contribution < 1.29 is 19.3 Å². The highest BCUT2D eigenvalue weighted by atomic mass is 16.7. The van der Waals surface area contributed by atoms with Gasteiger partial charge >= 0.3 is 0 Å². The number of benzene rings is 1. The molecule has 1 aliphatic rings. The zero-order chi connectivity index (χ0) is 11.4. The molecule has 1 N–H and O–H groups in total. The first-order valence-electron chi connectivity index (χ1n) is 5.35. The average molecular weight is 224 g/mol. The lowest BCUT2D eigenvalue weighted by Gasteiger charge is -2.11. The van der Waals surface area contributed by atoms with Crippen molar-refractivity contribution in [3.63, 3.8) is 0 Å². The van der Waals surface area contributed by atoms with Crippen molar-refractivity contribution in [2.24, 2.45) is 0 Å². The van der Waals surface area contributed by atoms with Crippen molar-refractivity contribution in [2.45, 2.75) is 18.8 Å². The number of hydrogen-bond acceptors (Lipinski definition) is 4. The van der Waals surface area contributed by atoms with Gasteiger partial charge in [-0.1, -0.05) is 12.1 Å². The van der Waals surface area contributed by atoms with Crippen LogP contribution in [0.4, 0.5) is 0 Å². The van der Waals surface area contributed by atoms with Gasteiger partial charge in [-0.15, -0.1) is 0 Å². The summed E-state index contributed by atoms with van der Waals surface area (Å²) in [5, 5.41) is 8.80. The monoisotopic (exact) mass is 224 g/mol. The average Bonchev–Trinajstić information content (AvgIpc) is 2.78. The Balaban J connectivity index is 1.97. The van der Waals surface area contributed by atoms with Gasteiger partial charge in [-0.25, -0.2) is 0 Å². The summed E-state index contributed by atoms with van der Waals surface area (Å²) < 4.78 is 16.2. The molecule has 1 aromatic carbocycles. The van der Waals surface area contributed by atoms with Crippen LogP contribution in [0.25, 0.3) is 0 Å². The standard InChI is InChI=1S/C12H16O4/c1-14-10-4-2-9(3-5-10)12-15-8-11(16-12)6-7-13/h2-5,11-13H,6-8H2,1H3/t11-,12?/m0/s1. The molecule has 0 amide bonds. The van der Waals surface area contributed by atoms with E-state index < -0.39 is 0 Å². The molecule has 0 saturated carbocycles. The zero-order valence-corrected chi connectivity index (χ0v) is 9.26. The molecule has 1 unspecified atom stereocenters. The summed E-state index contributed by atoms with van der Waals surface area (Å²) in [7, 11) is 1.63. The summed E-state index contributed by atoms with van der Waals surface area (Å²) in [4.78, 5) is 0. The fraction of sp³-hybridized carbons (Fsp3) is 0.500. The molecule has 0 spiro atoms. The van der Waals surface area contributed by atoms with Gasteiger partial charge in [-0.3, -0.25) is 0 Å². The van der Waals surface area contributed by atoms with E-state index in [-0.39, 0.29) is 19.0 Å². The predicted octanol–water partition coefficient (Wildman–Crippen LogP) is 1.49. The van der Waals surface area contributed by atoms with Gasteiger partial charge in [0.15, 0.2) is 6.29 Å². The molecule has 1 fully saturated rings. The van der Waals surface area contributed by atoms with Crippen LogP contribution in [0.2, 0.25) is 0 Å². The van der Waals surface area contributed by atoms with Gasteiger partial charge in [0.1, 0.15) is 5.75 Å². The Hall–Kier alpha value is -1.10. The molecule has 0 aromatic heterocycles. The van der Waals surface area contributed by atoms with Crippen molar-refractivity contribution in [3.05, 3.63) is 29.8 Å². The first-order valence-corrected chi connectivity index (χ1v) is 5.35. The molecule has 0 bridgehead atoms. The first-order chi connectivity index (χ1) is 7.83. The largest absolute Gasteiger partial charge is 0.497 e. The Morgan fingerprint density at radius 2 is 2.12 bits per heavy atom. The first kappa shape index (κ1) is 11.4. The van der Waals surface area contributed by atoms with Crippen LogP contribution in [-0.4, -0.2) is 31.5 Å². The Morgan fingerprint density at radius 3 is 2.75 bits per heavy atom. The van der Waals surface area contributed by atoms with Crippen LogP contribution in [-0.2, 0) is 9.47 Å². The Labute approximate surface area is 94.8 Å². The highest BCUT2D eigenvalue weighted by Gasteiger charge is 2.26. The lowest BCUT2D eigenvalue weighted by atomic mass is 10.2. The van der Waals surface area contributed by atoms with E-state index in [2.05, 4.69) is 0 Å². The van der Waals surface area contributed by atoms with Crippen molar-refractivity contribution in [2.75, 3.05) is 20.3 Å². The van der Waals surface area contributed by atoms with Gasteiger partial charge in [-0.2, -0.15) is 0 Å². The third-order valence-electron chi connectivity index (χ3n) is 2.59. The van der Waals surface area contributed by atoms with Crippen LogP contribution in [0.1, 0.15) is 18.3 Å². The van der Waals surface area contributed by atoms with Crippen molar-refractivity contribution in [3.8, 4) is 5.75 Å². The zero-order valence-electron chi connectivity index (χ0n) is 9.26. The highest BCUT2D eigenvalue weighted by molar-refractivity contribution is 5.28. The molecule has 2 rings (SSSR count). The van der Waals surface area contributed by atoms with Gasteiger partial charge in [0.2, 0.25) is 0 Å². The molecule has 16 heavy (non-hydrogen) atoms. The maximum atomic E-state index is 8.80. The predicted molar refractivity (Wildman–Crippen MR) is 58.3 cm³/mol. The van der Waals surface area contributed by atoms with Gasteiger partial charge in [0.25, 0.3) is 0 Å². The Morgan fingerprint density at radius 1 is 1.38 bits per heavy atom. The molecule has 2 atom stereocenters. The smallest absolute Gasteiger partial charge is 0.184 e. The molecule has 4 nitrogen and oxygen atoms in total. The van der Waals surface area contributed by atoms with Crippen LogP contribution in [0.3, 0.4) is 0 Å². The summed E-state index contributed by atoms with van der Waals surface area (Å²) in [6.45, 7) is 0.667. The highest BCUT2D eigenvalue weighted by Crippen LogP contribution is 2.28. The number of aliphatic hydroxyl groups is 1. The summed E-state index contributed by atoms with van der Waals surface area (Å²) in [6.07, 6.45) is 0.298. The fourth-order valence-electron chi connectivity index (χ4n) is 1.68. The maximum Gasteiger partial charge on any atom is 0.184 e. The topological polar surface area (TPSA) is 47.9 Å². The molecule has 88 valence electrons. The molecule has 0 aliphatic carbocycles. The number of ether oxygens (including phenoxy) is 3. The summed E-state index contributed by atoms with van der Waals surface area (Å²) in [5.74, 6) is 0.814. The second kappa shape index (κ2) is 5.30. The van der Waals surface area contributed by atoms with Crippen LogP contribution in [0.15, 0.2) is 24.3 Å². The molecule has 1 saturated heterocycles. The number of methoxy groups -OCH3 is 1. The van der Waals surface area contributed by atoms with E-state index in [1.165, 1.54) is 0 Å². The number of hydrogen-bond donors (Lipinski definition) is 1. The third kappa shape index (κ3) is 2.52. The molecular weight excluding hydrogens is 208 g/mol. The van der Waals surface area contributed by atoms with Crippen molar-refractivity contribution in [1.29, 1.82) is 0 Å². The van der Waals surface area contributed by atoms with Crippen LogP contribution < -0.4 is 4.74 Å². The maximum absolute atomic E-state index is 8.80. The summed E-state index contributed by atoms with van der Waals surface area (Å²) in [5.41, 5.74) is 0.973. The van der Waals surface area contributed by atoms with E-state index in [9.17, 15) is 0 Å². The SMILES string of the molecule is COc1ccc(C2OC[C@H](CCO)O2)cc1. The second-order valence-corrected chi connectivity index (χ2v) is 3.71. The van der Waals surface area contributed by atoms with Gasteiger partial charge in [-0.05, 0) is 18.6 Å². The van der Waals surface area contributed by atoms with E-state index in [0.29, 0.717) is 13.0 Å². The fourth-order valence-corrected chi connectivity index (χ4v) is 1.68. The minimum absolute atomic E-state index is 0.00268. The second-order valence-electron chi connectivity index (χ2n) is 3.71. The van der Waals surface area contributed by atoms with E-state index >= 15 is 0 Å². The minimum atomic E-state index is -0.317. The van der Waals surface area contributed by atoms with Crippen molar-refractivity contribution >= 4 is 0 Å². The minimum Gasteiger partial charge on any atom is -0.497 e.